The van der Waals surface area contributed by atoms with Crippen LogP contribution in [0.15, 0.2) is 24.3 Å². The Morgan fingerprint density at radius 1 is 1.12 bits per heavy atom. The monoisotopic (exact) mass is 237 g/mol. The Kier molecular flexibility index (Phi) is 4.22. The Labute approximate surface area is 103 Å². The van der Waals surface area contributed by atoms with Gasteiger partial charge in [0.1, 0.15) is 0 Å². The van der Waals surface area contributed by atoms with Gasteiger partial charge >= 0.3 is 0 Å². The summed E-state index contributed by atoms with van der Waals surface area (Å²) in [5.74, 6) is 0. The standard InChI is InChI=1S/C13H18ClN2/c1-15-8-10-16(11-9-15)7-6-12-2-4-13(14)5-3-12/h2-6H,7-11H2,1H3. The zero-order valence-electron chi connectivity index (χ0n) is 9.69. The van der Waals surface area contributed by atoms with Crippen LogP contribution in [0.25, 0.3) is 0 Å². The Morgan fingerprint density at radius 2 is 1.75 bits per heavy atom. The second-order valence-corrected chi connectivity index (χ2v) is 4.80. The lowest BCUT2D eigenvalue weighted by Crippen LogP contribution is -2.44. The van der Waals surface area contributed by atoms with Crippen molar-refractivity contribution < 1.29 is 0 Å². The molecule has 1 heterocycles. The molecule has 1 aliphatic heterocycles. The van der Waals surface area contributed by atoms with Crippen LogP contribution in [-0.4, -0.2) is 49.6 Å². The first-order valence-electron chi connectivity index (χ1n) is 5.74. The summed E-state index contributed by atoms with van der Waals surface area (Å²) in [6.07, 6.45) is 2.27. The molecule has 0 spiro atoms. The topological polar surface area (TPSA) is 6.48 Å². The van der Waals surface area contributed by atoms with Crippen molar-refractivity contribution in [2.24, 2.45) is 0 Å². The molecule has 0 saturated carbocycles. The van der Waals surface area contributed by atoms with E-state index in [1.54, 1.807) is 0 Å². The molecule has 2 rings (SSSR count). The Hall–Kier alpha value is -0.570. The molecule has 1 aromatic carbocycles. The minimum Gasteiger partial charge on any atom is -0.304 e. The fourth-order valence-corrected chi connectivity index (χ4v) is 1.99. The maximum absolute atomic E-state index is 5.85. The normalized spacial score (nSPS) is 18.9. The van der Waals surface area contributed by atoms with E-state index in [-0.39, 0.29) is 0 Å². The van der Waals surface area contributed by atoms with Crippen LogP contribution in [0, 0.1) is 6.42 Å². The number of rotatable bonds is 3. The highest BCUT2D eigenvalue weighted by Crippen LogP contribution is 2.11. The first-order chi connectivity index (χ1) is 7.74. The molecule has 87 valence electrons. The maximum atomic E-state index is 5.85. The maximum Gasteiger partial charge on any atom is 0.0406 e. The number of hydrogen-bond donors (Lipinski definition) is 0. The van der Waals surface area contributed by atoms with Crippen LogP contribution >= 0.6 is 11.6 Å². The largest absolute Gasteiger partial charge is 0.304 e. The smallest absolute Gasteiger partial charge is 0.0406 e. The van der Waals surface area contributed by atoms with Crippen LogP contribution in [0.2, 0.25) is 5.02 Å². The molecule has 1 aliphatic rings. The molecular formula is C13H18ClN2. The van der Waals surface area contributed by atoms with E-state index in [2.05, 4.69) is 35.4 Å². The summed E-state index contributed by atoms with van der Waals surface area (Å²) in [7, 11) is 2.18. The van der Waals surface area contributed by atoms with Gasteiger partial charge in [-0.1, -0.05) is 23.7 Å². The van der Waals surface area contributed by atoms with E-state index in [0.29, 0.717) is 0 Å². The van der Waals surface area contributed by atoms with Crippen molar-refractivity contribution in [2.45, 2.75) is 0 Å². The molecule has 1 aromatic rings. The van der Waals surface area contributed by atoms with Crippen LogP contribution in [0.5, 0.6) is 0 Å². The summed E-state index contributed by atoms with van der Waals surface area (Å²) in [5, 5.41) is 0.803. The predicted molar refractivity (Wildman–Crippen MR) is 68.8 cm³/mol. The highest BCUT2D eigenvalue weighted by atomic mass is 35.5. The third kappa shape index (κ3) is 3.48. The highest BCUT2D eigenvalue weighted by Gasteiger charge is 2.12. The van der Waals surface area contributed by atoms with Gasteiger partial charge in [-0.15, -0.1) is 0 Å². The summed E-state index contributed by atoms with van der Waals surface area (Å²) in [6, 6.07) is 8.02. The lowest BCUT2D eigenvalue weighted by atomic mass is 10.1. The molecule has 3 heteroatoms. The molecule has 2 nitrogen and oxygen atoms in total. The van der Waals surface area contributed by atoms with Crippen molar-refractivity contribution >= 4 is 11.6 Å². The zero-order valence-corrected chi connectivity index (χ0v) is 10.5. The van der Waals surface area contributed by atoms with Gasteiger partial charge in [-0.25, -0.2) is 0 Å². The van der Waals surface area contributed by atoms with Gasteiger partial charge in [0.25, 0.3) is 0 Å². The van der Waals surface area contributed by atoms with Gasteiger partial charge in [-0.2, -0.15) is 0 Å². The van der Waals surface area contributed by atoms with Gasteiger partial charge in [0.2, 0.25) is 0 Å². The third-order valence-corrected chi connectivity index (χ3v) is 3.30. The molecule has 1 saturated heterocycles. The minimum atomic E-state index is 0.803. The summed E-state index contributed by atoms with van der Waals surface area (Å²) in [5.41, 5.74) is 1.25. The van der Waals surface area contributed by atoms with Crippen LogP contribution in [0.4, 0.5) is 0 Å². The average Bonchev–Trinajstić information content (AvgIpc) is 2.30. The second-order valence-electron chi connectivity index (χ2n) is 4.36. The van der Waals surface area contributed by atoms with E-state index in [0.717, 1.165) is 11.6 Å². The number of likely N-dealkylation sites (N-methyl/N-ethyl adjacent to an activating group) is 1. The van der Waals surface area contributed by atoms with Gasteiger partial charge < -0.3 is 9.80 Å². The molecule has 0 atom stereocenters. The quantitative estimate of drug-likeness (QED) is 0.795. The van der Waals surface area contributed by atoms with Crippen molar-refractivity contribution in [3.05, 3.63) is 41.3 Å². The molecule has 0 bridgehead atoms. The van der Waals surface area contributed by atoms with Gasteiger partial charge in [0.05, 0.1) is 0 Å². The molecule has 16 heavy (non-hydrogen) atoms. The lowest BCUT2D eigenvalue weighted by molar-refractivity contribution is 0.164. The van der Waals surface area contributed by atoms with Crippen LogP contribution < -0.4 is 0 Å². The van der Waals surface area contributed by atoms with E-state index in [4.69, 9.17) is 11.6 Å². The van der Waals surface area contributed by atoms with Gasteiger partial charge in [-0.05, 0) is 24.7 Å². The van der Waals surface area contributed by atoms with Crippen molar-refractivity contribution in [1.29, 1.82) is 0 Å². The van der Waals surface area contributed by atoms with E-state index in [9.17, 15) is 0 Å². The predicted octanol–water partition coefficient (Wildman–Crippen LogP) is 2.14. The average molecular weight is 238 g/mol. The van der Waals surface area contributed by atoms with E-state index in [1.165, 1.54) is 31.7 Å². The molecular weight excluding hydrogens is 220 g/mol. The van der Waals surface area contributed by atoms with Crippen molar-refractivity contribution in [3.8, 4) is 0 Å². The Balaban J connectivity index is 1.77. The fraction of sp³-hybridized carbons (Fsp3) is 0.462. The fourth-order valence-electron chi connectivity index (χ4n) is 1.86. The summed E-state index contributed by atoms with van der Waals surface area (Å²) in [4.78, 5) is 4.85. The lowest BCUT2D eigenvalue weighted by Gasteiger charge is -2.32. The van der Waals surface area contributed by atoms with E-state index in [1.807, 2.05) is 12.1 Å². The van der Waals surface area contributed by atoms with Crippen LogP contribution in [-0.2, 0) is 0 Å². The molecule has 0 N–H and O–H groups in total. The van der Waals surface area contributed by atoms with Gasteiger partial charge in [0.15, 0.2) is 0 Å². The van der Waals surface area contributed by atoms with Crippen molar-refractivity contribution in [3.63, 3.8) is 0 Å². The van der Waals surface area contributed by atoms with Crippen LogP contribution in [0.3, 0.4) is 0 Å². The van der Waals surface area contributed by atoms with Gasteiger partial charge in [-0.3, -0.25) is 0 Å². The van der Waals surface area contributed by atoms with E-state index < -0.39 is 0 Å². The number of hydrogen-bond acceptors (Lipinski definition) is 2. The zero-order chi connectivity index (χ0) is 11.4. The summed E-state index contributed by atoms with van der Waals surface area (Å²) < 4.78 is 0. The van der Waals surface area contributed by atoms with Crippen molar-refractivity contribution in [2.75, 3.05) is 39.8 Å². The SMILES string of the molecule is CN1CCN(C[CH]c2ccc(Cl)cc2)CC1. The summed E-state index contributed by atoms with van der Waals surface area (Å²) >= 11 is 5.85. The highest BCUT2D eigenvalue weighted by molar-refractivity contribution is 6.30. The summed E-state index contributed by atoms with van der Waals surface area (Å²) in [6.45, 7) is 5.72. The molecule has 1 fully saturated rings. The number of halogens is 1. The Bertz CT molecular complexity index is 315. The Morgan fingerprint density at radius 3 is 2.38 bits per heavy atom. The van der Waals surface area contributed by atoms with Crippen LogP contribution in [0.1, 0.15) is 5.56 Å². The number of piperazine rings is 1. The van der Waals surface area contributed by atoms with Crippen molar-refractivity contribution in [1.82, 2.24) is 9.80 Å². The molecule has 1 radical (unpaired) electrons. The van der Waals surface area contributed by atoms with Gasteiger partial charge in [0, 0.05) is 44.2 Å². The van der Waals surface area contributed by atoms with E-state index >= 15 is 0 Å². The molecule has 0 unspecified atom stereocenters. The molecule has 0 amide bonds. The first kappa shape index (κ1) is 11.9. The molecule has 0 aromatic heterocycles. The number of nitrogens with zero attached hydrogens (tertiary/aromatic N) is 2. The molecule has 0 aliphatic carbocycles. The first-order valence-corrected chi connectivity index (χ1v) is 6.11. The minimum absolute atomic E-state index is 0.803. The third-order valence-electron chi connectivity index (χ3n) is 3.05. The number of benzene rings is 1. The second kappa shape index (κ2) is 5.67.